The molecule has 2 heteroatoms. The van der Waals surface area contributed by atoms with Crippen molar-refractivity contribution in [1.29, 1.82) is 5.26 Å². The highest BCUT2D eigenvalue weighted by Gasteiger charge is 2.04. The van der Waals surface area contributed by atoms with E-state index in [0.29, 0.717) is 12.3 Å². The van der Waals surface area contributed by atoms with Gasteiger partial charge >= 0.3 is 0 Å². The fourth-order valence-corrected chi connectivity index (χ4v) is 1.73. The molecule has 0 unspecified atom stereocenters. The molecule has 94 valence electrons. The van der Waals surface area contributed by atoms with Crippen molar-refractivity contribution in [1.82, 2.24) is 4.90 Å². The lowest BCUT2D eigenvalue weighted by Gasteiger charge is -2.20. The minimum Gasteiger partial charge on any atom is -0.291 e. The van der Waals surface area contributed by atoms with E-state index < -0.39 is 0 Å². The summed E-state index contributed by atoms with van der Waals surface area (Å²) in [6.45, 7) is 6.89. The molecule has 18 heavy (non-hydrogen) atoms. The summed E-state index contributed by atoms with van der Waals surface area (Å²) < 4.78 is 0. The summed E-state index contributed by atoms with van der Waals surface area (Å²) in [6, 6.07) is 12.2. The molecule has 0 spiro atoms. The first-order valence-corrected chi connectivity index (χ1v) is 6.35. The zero-order valence-electron chi connectivity index (χ0n) is 11.2. The van der Waals surface area contributed by atoms with E-state index in [4.69, 9.17) is 5.26 Å². The van der Waals surface area contributed by atoms with Gasteiger partial charge in [-0.05, 0) is 18.1 Å². The van der Waals surface area contributed by atoms with Crippen LogP contribution >= 0.6 is 0 Å². The average molecular weight is 240 g/mol. The third-order valence-corrected chi connectivity index (χ3v) is 2.47. The molecule has 1 rings (SSSR count). The summed E-state index contributed by atoms with van der Waals surface area (Å²) >= 11 is 0. The number of nitriles is 1. The monoisotopic (exact) mass is 240 g/mol. The SMILES string of the molecule is CC(C)CN(CC#Cc1ccccc1)CCC#N. The normalized spacial score (nSPS) is 9.94. The Kier molecular flexibility index (Phi) is 6.62. The van der Waals surface area contributed by atoms with Crippen LogP contribution in [0.4, 0.5) is 0 Å². The Morgan fingerprint density at radius 3 is 2.56 bits per heavy atom. The third kappa shape index (κ3) is 6.09. The standard InChI is InChI=1S/C16H20N2/c1-15(2)14-18(13-7-11-17)12-6-10-16-8-4-3-5-9-16/h3-5,8-9,15H,7,12-14H2,1-2H3. The molecule has 0 atom stereocenters. The summed E-state index contributed by atoms with van der Waals surface area (Å²) in [4.78, 5) is 2.24. The first-order valence-electron chi connectivity index (χ1n) is 6.35. The van der Waals surface area contributed by atoms with Crippen LogP contribution in [0.2, 0.25) is 0 Å². The Balaban J connectivity index is 2.51. The largest absolute Gasteiger partial charge is 0.291 e. The number of benzene rings is 1. The van der Waals surface area contributed by atoms with Crippen molar-refractivity contribution in [2.75, 3.05) is 19.6 Å². The maximum absolute atomic E-state index is 8.64. The summed E-state index contributed by atoms with van der Waals surface area (Å²) in [5.74, 6) is 6.93. The van der Waals surface area contributed by atoms with Gasteiger partial charge in [0.2, 0.25) is 0 Å². The lowest BCUT2D eigenvalue weighted by molar-refractivity contribution is 0.278. The van der Waals surface area contributed by atoms with Gasteiger partial charge in [-0.1, -0.05) is 43.9 Å². The maximum atomic E-state index is 8.64. The van der Waals surface area contributed by atoms with Crippen LogP contribution in [-0.2, 0) is 0 Å². The van der Waals surface area contributed by atoms with Gasteiger partial charge in [-0.15, -0.1) is 0 Å². The molecule has 0 saturated carbocycles. The Bertz CT molecular complexity index is 432. The molecule has 0 heterocycles. The lowest BCUT2D eigenvalue weighted by atomic mass is 10.2. The van der Waals surface area contributed by atoms with Crippen LogP contribution in [0.1, 0.15) is 25.8 Å². The predicted molar refractivity (Wildman–Crippen MR) is 74.8 cm³/mol. The molecule has 1 aromatic rings. The third-order valence-electron chi connectivity index (χ3n) is 2.47. The second kappa shape index (κ2) is 8.34. The fourth-order valence-electron chi connectivity index (χ4n) is 1.73. The van der Waals surface area contributed by atoms with Crippen molar-refractivity contribution in [2.45, 2.75) is 20.3 Å². The molecule has 0 aliphatic rings. The molecule has 0 radical (unpaired) electrons. The van der Waals surface area contributed by atoms with Gasteiger partial charge in [-0.3, -0.25) is 4.90 Å². The van der Waals surface area contributed by atoms with Crippen molar-refractivity contribution in [2.24, 2.45) is 5.92 Å². The number of rotatable bonds is 5. The van der Waals surface area contributed by atoms with Crippen LogP contribution in [0.15, 0.2) is 30.3 Å². The zero-order chi connectivity index (χ0) is 13.2. The van der Waals surface area contributed by atoms with E-state index in [9.17, 15) is 0 Å². The molecule has 0 aliphatic heterocycles. The maximum Gasteiger partial charge on any atom is 0.0635 e. The van der Waals surface area contributed by atoms with Gasteiger partial charge in [0.1, 0.15) is 0 Å². The highest BCUT2D eigenvalue weighted by Crippen LogP contribution is 2.00. The predicted octanol–water partition coefficient (Wildman–Crippen LogP) is 2.91. The van der Waals surface area contributed by atoms with E-state index in [1.807, 2.05) is 30.3 Å². The van der Waals surface area contributed by atoms with Crippen LogP contribution in [0.3, 0.4) is 0 Å². The van der Waals surface area contributed by atoms with Crippen molar-refractivity contribution < 1.29 is 0 Å². The highest BCUT2D eigenvalue weighted by molar-refractivity contribution is 5.33. The first-order chi connectivity index (χ1) is 8.72. The molecule has 2 nitrogen and oxygen atoms in total. The topological polar surface area (TPSA) is 27.0 Å². The van der Waals surface area contributed by atoms with Gasteiger partial charge in [-0.25, -0.2) is 0 Å². The smallest absolute Gasteiger partial charge is 0.0635 e. The Labute approximate surface area is 110 Å². The minimum absolute atomic E-state index is 0.569. The molecular weight excluding hydrogens is 220 g/mol. The van der Waals surface area contributed by atoms with Crippen molar-refractivity contribution in [3.63, 3.8) is 0 Å². The van der Waals surface area contributed by atoms with Gasteiger partial charge in [0.25, 0.3) is 0 Å². The first kappa shape index (κ1) is 14.3. The molecular formula is C16H20N2. The number of hydrogen-bond donors (Lipinski definition) is 0. The van der Waals surface area contributed by atoms with Crippen LogP contribution in [0.5, 0.6) is 0 Å². The van der Waals surface area contributed by atoms with Crippen molar-refractivity contribution >= 4 is 0 Å². The van der Waals surface area contributed by atoms with E-state index >= 15 is 0 Å². The fraction of sp³-hybridized carbons (Fsp3) is 0.438. The number of hydrogen-bond acceptors (Lipinski definition) is 2. The average Bonchev–Trinajstić information content (AvgIpc) is 2.36. The quantitative estimate of drug-likeness (QED) is 0.740. The molecule has 0 bridgehead atoms. The zero-order valence-corrected chi connectivity index (χ0v) is 11.2. The summed E-state index contributed by atoms with van der Waals surface area (Å²) in [5, 5.41) is 8.64. The molecule has 1 aromatic carbocycles. The molecule has 0 saturated heterocycles. The van der Waals surface area contributed by atoms with Crippen molar-refractivity contribution in [3.05, 3.63) is 35.9 Å². The van der Waals surface area contributed by atoms with Gasteiger partial charge in [0.15, 0.2) is 0 Å². The molecule has 0 aromatic heterocycles. The van der Waals surface area contributed by atoms with Crippen LogP contribution in [0.25, 0.3) is 0 Å². The lowest BCUT2D eigenvalue weighted by Crippen LogP contribution is -2.29. The van der Waals surface area contributed by atoms with E-state index in [0.717, 1.165) is 25.2 Å². The summed E-state index contributed by atoms with van der Waals surface area (Å²) in [5.41, 5.74) is 1.04. The Hall–Kier alpha value is -1.77. The molecule has 0 aliphatic carbocycles. The summed E-state index contributed by atoms with van der Waals surface area (Å²) in [6.07, 6.45) is 0.569. The van der Waals surface area contributed by atoms with Crippen molar-refractivity contribution in [3.8, 4) is 17.9 Å². The highest BCUT2D eigenvalue weighted by atomic mass is 15.1. The van der Waals surface area contributed by atoms with E-state index in [1.54, 1.807) is 0 Å². The number of nitrogens with zero attached hydrogens (tertiary/aromatic N) is 2. The van der Waals surface area contributed by atoms with Crippen LogP contribution in [-0.4, -0.2) is 24.5 Å². The Morgan fingerprint density at radius 1 is 1.22 bits per heavy atom. The van der Waals surface area contributed by atoms with Crippen LogP contribution in [0, 0.1) is 29.1 Å². The second-order valence-electron chi connectivity index (χ2n) is 4.70. The summed E-state index contributed by atoms with van der Waals surface area (Å²) in [7, 11) is 0. The molecule has 0 N–H and O–H groups in total. The van der Waals surface area contributed by atoms with Gasteiger partial charge in [0.05, 0.1) is 12.6 Å². The second-order valence-corrected chi connectivity index (χ2v) is 4.70. The van der Waals surface area contributed by atoms with Crippen LogP contribution < -0.4 is 0 Å². The molecule has 0 fully saturated rings. The van der Waals surface area contributed by atoms with Gasteiger partial charge in [-0.2, -0.15) is 5.26 Å². The minimum atomic E-state index is 0.569. The van der Waals surface area contributed by atoms with E-state index in [2.05, 4.69) is 36.7 Å². The Morgan fingerprint density at radius 2 is 1.94 bits per heavy atom. The van der Waals surface area contributed by atoms with E-state index in [-0.39, 0.29) is 0 Å². The molecule has 0 amide bonds. The van der Waals surface area contributed by atoms with E-state index in [1.165, 1.54) is 0 Å². The van der Waals surface area contributed by atoms with Gasteiger partial charge < -0.3 is 0 Å². The van der Waals surface area contributed by atoms with Gasteiger partial charge in [0, 0.05) is 25.1 Å².